The van der Waals surface area contributed by atoms with Crippen molar-refractivity contribution in [1.82, 2.24) is 9.88 Å². The smallest absolute Gasteiger partial charge is 0.250 e. The number of rotatable bonds is 2. The molecule has 0 aliphatic carbocycles. The molecule has 15 heavy (non-hydrogen) atoms. The van der Waals surface area contributed by atoms with Gasteiger partial charge in [-0.15, -0.1) is 0 Å². The van der Waals surface area contributed by atoms with Crippen LogP contribution < -0.4 is 10.9 Å². The topological polar surface area (TPSA) is 43.3 Å². The largest absolute Gasteiger partial charge is 0.380 e. The van der Waals surface area contributed by atoms with Crippen molar-refractivity contribution in [3.63, 3.8) is 0 Å². The van der Waals surface area contributed by atoms with Crippen LogP contribution in [0, 0.1) is 5.92 Å². The van der Waals surface area contributed by atoms with Gasteiger partial charge in [0, 0.05) is 37.8 Å². The molecule has 1 unspecified atom stereocenters. The third-order valence-corrected chi connectivity index (χ3v) is 2.56. The average molecular weight is 208 g/mol. The molecule has 1 aliphatic heterocycles. The summed E-state index contributed by atoms with van der Waals surface area (Å²) < 4.78 is 7.18. The molecule has 2 rings (SSSR count). The summed E-state index contributed by atoms with van der Waals surface area (Å²) in [6, 6.07) is 5.23. The molecule has 0 bridgehead atoms. The Morgan fingerprint density at radius 2 is 2.47 bits per heavy atom. The third kappa shape index (κ3) is 2.91. The molecule has 1 aliphatic rings. The van der Waals surface area contributed by atoms with Crippen LogP contribution in [0.3, 0.4) is 0 Å². The van der Waals surface area contributed by atoms with Crippen LogP contribution in [0.15, 0.2) is 29.2 Å². The molecule has 0 saturated carbocycles. The average Bonchev–Trinajstić information content (AvgIpc) is 2.50. The fourth-order valence-corrected chi connectivity index (χ4v) is 1.77. The molecular formula is C11H16N2O2. The first-order valence-corrected chi connectivity index (χ1v) is 5.30. The van der Waals surface area contributed by atoms with Crippen molar-refractivity contribution < 1.29 is 4.74 Å². The van der Waals surface area contributed by atoms with E-state index in [0.29, 0.717) is 5.92 Å². The standard InChI is InChI=1S/C11H16N2O2/c14-11-3-1-2-5-13(11)8-10-7-12-4-6-15-9-10/h1-3,5,10,12H,4,6-9H2. The number of aromatic nitrogens is 1. The second-order valence-electron chi connectivity index (χ2n) is 3.84. The van der Waals surface area contributed by atoms with Gasteiger partial charge >= 0.3 is 0 Å². The number of hydrogen-bond donors (Lipinski definition) is 1. The van der Waals surface area contributed by atoms with E-state index in [1.54, 1.807) is 16.7 Å². The fourth-order valence-electron chi connectivity index (χ4n) is 1.77. The first kappa shape index (κ1) is 10.4. The van der Waals surface area contributed by atoms with Gasteiger partial charge in [0.2, 0.25) is 0 Å². The van der Waals surface area contributed by atoms with Crippen LogP contribution in [0.25, 0.3) is 0 Å². The minimum Gasteiger partial charge on any atom is -0.380 e. The van der Waals surface area contributed by atoms with E-state index in [2.05, 4.69) is 5.32 Å². The maximum Gasteiger partial charge on any atom is 0.250 e. The van der Waals surface area contributed by atoms with Gasteiger partial charge in [-0.25, -0.2) is 0 Å². The minimum absolute atomic E-state index is 0.0572. The van der Waals surface area contributed by atoms with Crippen LogP contribution >= 0.6 is 0 Å². The van der Waals surface area contributed by atoms with Crippen molar-refractivity contribution in [2.75, 3.05) is 26.3 Å². The molecule has 1 fully saturated rings. The van der Waals surface area contributed by atoms with Gasteiger partial charge in [-0.05, 0) is 6.07 Å². The molecule has 1 N–H and O–H groups in total. The second kappa shape index (κ2) is 5.09. The lowest BCUT2D eigenvalue weighted by atomic mass is 10.1. The summed E-state index contributed by atoms with van der Waals surface area (Å²) in [5, 5.41) is 3.30. The van der Waals surface area contributed by atoms with E-state index in [1.165, 1.54) is 0 Å². The summed E-state index contributed by atoms with van der Waals surface area (Å²) in [4.78, 5) is 11.5. The Bertz CT molecular complexity index is 354. The van der Waals surface area contributed by atoms with Crippen LogP contribution in [-0.4, -0.2) is 30.9 Å². The number of nitrogens with zero attached hydrogens (tertiary/aromatic N) is 1. The highest BCUT2D eigenvalue weighted by atomic mass is 16.5. The lowest BCUT2D eigenvalue weighted by Gasteiger charge is -2.14. The second-order valence-corrected chi connectivity index (χ2v) is 3.84. The van der Waals surface area contributed by atoms with E-state index in [0.717, 1.165) is 32.8 Å². The molecule has 4 nitrogen and oxygen atoms in total. The molecule has 0 radical (unpaired) electrons. The molecule has 82 valence electrons. The normalized spacial score (nSPS) is 22.3. The Balaban J connectivity index is 2.01. The molecule has 1 aromatic heterocycles. The summed E-state index contributed by atoms with van der Waals surface area (Å²) in [6.45, 7) is 4.04. The maximum atomic E-state index is 11.5. The first-order chi connectivity index (χ1) is 7.36. The van der Waals surface area contributed by atoms with Gasteiger partial charge < -0.3 is 14.6 Å². The van der Waals surface area contributed by atoms with Crippen molar-refractivity contribution in [2.24, 2.45) is 5.92 Å². The fraction of sp³-hybridized carbons (Fsp3) is 0.545. The zero-order chi connectivity index (χ0) is 10.5. The van der Waals surface area contributed by atoms with Gasteiger partial charge in [-0.3, -0.25) is 4.79 Å². The van der Waals surface area contributed by atoms with Crippen LogP contribution in [0.2, 0.25) is 0 Å². The molecule has 4 heteroatoms. The Kier molecular flexibility index (Phi) is 3.53. The Hall–Kier alpha value is -1.13. The van der Waals surface area contributed by atoms with Crippen molar-refractivity contribution >= 4 is 0 Å². The Morgan fingerprint density at radius 1 is 1.53 bits per heavy atom. The minimum atomic E-state index is 0.0572. The monoisotopic (exact) mass is 208 g/mol. The SMILES string of the molecule is O=c1ccccn1CC1CNCCOC1. The molecule has 1 saturated heterocycles. The summed E-state index contributed by atoms with van der Waals surface area (Å²) >= 11 is 0. The number of hydrogen-bond acceptors (Lipinski definition) is 3. The highest BCUT2D eigenvalue weighted by Crippen LogP contribution is 2.02. The third-order valence-electron chi connectivity index (χ3n) is 2.56. The van der Waals surface area contributed by atoms with Crippen LogP contribution in [0.1, 0.15) is 0 Å². The van der Waals surface area contributed by atoms with Gasteiger partial charge in [0.05, 0.1) is 13.2 Å². The van der Waals surface area contributed by atoms with Crippen molar-refractivity contribution in [3.8, 4) is 0 Å². The van der Waals surface area contributed by atoms with E-state index < -0.39 is 0 Å². The Labute approximate surface area is 88.9 Å². The highest BCUT2D eigenvalue weighted by molar-refractivity contribution is 4.93. The van der Waals surface area contributed by atoms with Gasteiger partial charge in [0.15, 0.2) is 0 Å². The summed E-state index contributed by atoms with van der Waals surface area (Å²) in [5.74, 6) is 0.382. The lowest BCUT2D eigenvalue weighted by molar-refractivity contribution is 0.117. The van der Waals surface area contributed by atoms with Gasteiger partial charge in [-0.2, -0.15) is 0 Å². The predicted octanol–water partition coefficient (Wildman–Crippen LogP) is 0.0843. The van der Waals surface area contributed by atoms with E-state index in [-0.39, 0.29) is 5.56 Å². The van der Waals surface area contributed by atoms with E-state index >= 15 is 0 Å². The first-order valence-electron chi connectivity index (χ1n) is 5.30. The molecule has 1 aromatic rings. The van der Waals surface area contributed by atoms with Gasteiger partial charge in [0.25, 0.3) is 5.56 Å². The van der Waals surface area contributed by atoms with Crippen LogP contribution in [-0.2, 0) is 11.3 Å². The van der Waals surface area contributed by atoms with Crippen molar-refractivity contribution in [2.45, 2.75) is 6.54 Å². The summed E-state index contributed by atoms with van der Waals surface area (Å²) in [6.07, 6.45) is 1.83. The Morgan fingerprint density at radius 3 is 3.33 bits per heavy atom. The van der Waals surface area contributed by atoms with Gasteiger partial charge in [-0.1, -0.05) is 6.07 Å². The van der Waals surface area contributed by atoms with E-state index in [9.17, 15) is 4.79 Å². The zero-order valence-electron chi connectivity index (χ0n) is 8.69. The predicted molar refractivity (Wildman–Crippen MR) is 57.9 cm³/mol. The molecule has 0 spiro atoms. The summed E-state index contributed by atoms with van der Waals surface area (Å²) in [7, 11) is 0. The molecule has 2 heterocycles. The summed E-state index contributed by atoms with van der Waals surface area (Å²) in [5.41, 5.74) is 0.0572. The van der Waals surface area contributed by atoms with Crippen LogP contribution in [0.5, 0.6) is 0 Å². The number of ether oxygens (including phenoxy) is 1. The maximum absolute atomic E-state index is 11.5. The lowest BCUT2D eigenvalue weighted by Crippen LogP contribution is -2.30. The number of nitrogens with one attached hydrogen (secondary N) is 1. The molecule has 1 atom stereocenters. The molecular weight excluding hydrogens is 192 g/mol. The molecule has 0 aromatic carbocycles. The zero-order valence-corrected chi connectivity index (χ0v) is 8.69. The van der Waals surface area contributed by atoms with E-state index in [4.69, 9.17) is 4.74 Å². The highest BCUT2D eigenvalue weighted by Gasteiger charge is 2.12. The van der Waals surface area contributed by atoms with E-state index in [1.807, 2.05) is 12.3 Å². The molecule has 0 amide bonds. The van der Waals surface area contributed by atoms with Gasteiger partial charge in [0.1, 0.15) is 0 Å². The van der Waals surface area contributed by atoms with Crippen molar-refractivity contribution in [1.29, 1.82) is 0 Å². The van der Waals surface area contributed by atoms with Crippen molar-refractivity contribution in [3.05, 3.63) is 34.7 Å². The van der Waals surface area contributed by atoms with Crippen LogP contribution in [0.4, 0.5) is 0 Å². The quantitative estimate of drug-likeness (QED) is 0.748. The number of pyridine rings is 1.